The Hall–Kier alpha value is -1.91. The van der Waals surface area contributed by atoms with Gasteiger partial charge in [0, 0.05) is 30.4 Å². The molecule has 18 heavy (non-hydrogen) atoms. The Kier molecular flexibility index (Phi) is 3.60. The van der Waals surface area contributed by atoms with Gasteiger partial charge >= 0.3 is 0 Å². The molecule has 0 spiro atoms. The molecule has 1 N–H and O–H groups in total. The molecule has 2 rings (SSSR count). The summed E-state index contributed by atoms with van der Waals surface area (Å²) in [5.41, 5.74) is 1.32. The second-order valence-electron chi connectivity index (χ2n) is 4.05. The summed E-state index contributed by atoms with van der Waals surface area (Å²) in [5, 5.41) is 7.27. The van der Waals surface area contributed by atoms with Crippen LogP contribution in [-0.4, -0.2) is 9.78 Å². The maximum atomic E-state index is 13.4. The van der Waals surface area contributed by atoms with Gasteiger partial charge in [0.15, 0.2) is 11.6 Å². The number of aryl methyl sites for hydroxylation is 2. The van der Waals surface area contributed by atoms with Gasteiger partial charge in [-0.15, -0.1) is 0 Å². The molecule has 0 aliphatic carbocycles. The van der Waals surface area contributed by atoms with Crippen LogP contribution in [-0.2, 0) is 13.1 Å². The Bertz CT molecular complexity index is 549. The van der Waals surface area contributed by atoms with Crippen LogP contribution in [0, 0.1) is 18.6 Å². The minimum Gasteiger partial charge on any atom is -0.364 e. The van der Waals surface area contributed by atoms with Gasteiger partial charge in [0.1, 0.15) is 5.82 Å². The number of nitrogens with one attached hydrogen (secondary N) is 1. The molecule has 1 heterocycles. The van der Waals surface area contributed by atoms with Crippen LogP contribution in [0.5, 0.6) is 0 Å². The lowest BCUT2D eigenvalue weighted by atomic mass is 10.2. The molecule has 2 aromatic rings. The van der Waals surface area contributed by atoms with E-state index in [-0.39, 0.29) is 6.54 Å². The minimum atomic E-state index is -0.829. The lowest BCUT2D eigenvalue weighted by Gasteiger charge is -2.05. The van der Waals surface area contributed by atoms with Gasteiger partial charge in [-0.3, -0.25) is 4.68 Å². The van der Waals surface area contributed by atoms with Crippen LogP contribution in [0.4, 0.5) is 14.6 Å². The molecule has 0 unspecified atom stereocenters. The van der Waals surface area contributed by atoms with Gasteiger partial charge in [-0.1, -0.05) is 12.1 Å². The molecule has 0 aliphatic rings. The zero-order valence-corrected chi connectivity index (χ0v) is 10.4. The first kappa shape index (κ1) is 12.5. The monoisotopic (exact) mass is 251 g/mol. The highest BCUT2D eigenvalue weighted by Crippen LogP contribution is 2.14. The zero-order chi connectivity index (χ0) is 13.1. The number of hydrogen-bond donors (Lipinski definition) is 1. The van der Waals surface area contributed by atoms with Crippen molar-refractivity contribution >= 4 is 5.82 Å². The first-order chi connectivity index (χ1) is 8.61. The van der Waals surface area contributed by atoms with Crippen LogP contribution < -0.4 is 5.32 Å². The van der Waals surface area contributed by atoms with E-state index in [4.69, 9.17) is 0 Å². The molecule has 0 bridgehead atoms. The lowest BCUT2D eigenvalue weighted by Crippen LogP contribution is -2.04. The molecule has 0 saturated carbocycles. The van der Waals surface area contributed by atoms with Gasteiger partial charge in [-0.25, -0.2) is 8.78 Å². The Labute approximate surface area is 104 Å². The molecule has 0 radical (unpaired) electrons. The number of benzene rings is 1. The van der Waals surface area contributed by atoms with Crippen molar-refractivity contribution < 1.29 is 8.78 Å². The molecule has 0 amide bonds. The molecule has 0 atom stereocenters. The van der Waals surface area contributed by atoms with Gasteiger partial charge in [0.25, 0.3) is 0 Å². The summed E-state index contributed by atoms with van der Waals surface area (Å²) in [6, 6.07) is 6.02. The second-order valence-corrected chi connectivity index (χ2v) is 4.05. The summed E-state index contributed by atoms with van der Waals surface area (Å²) in [7, 11) is 0. The number of halogens is 2. The molecule has 0 fully saturated rings. The zero-order valence-electron chi connectivity index (χ0n) is 10.4. The molecular formula is C13H15F2N3. The van der Waals surface area contributed by atoms with Crippen molar-refractivity contribution in [3.63, 3.8) is 0 Å². The molecular weight excluding hydrogens is 236 g/mol. The van der Waals surface area contributed by atoms with E-state index >= 15 is 0 Å². The Morgan fingerprint density at radius 1 is 1.33 bits per heavy atom. The van der Waals surface area contributed by atoms with E-state index in [1.165, 1.54) is 6.07 Å². The molecule has 96 valence electrons. The van der Waals surface area contributed by atoms with Crippen LogP contribution in [0.1, 0.15) is 18.2 Å². The molecule has 3 nitrogen and oxygen atoms in total. The first-order valence-electron chi connectivity index (χ1n) is 5.83. The topological polar surface area (TPSA) is 29.9 Å². The van der Waals surface area contributed by atoms with Crippen LogP contribution in [0.3, 0.4) is 0 Å². The maximum Gasteiger partial charge on any atom is 0.163 e. The van der Waals surface area contributed by atoms with E-state index in [9.17, 15) is 8.78 Å². The smallest absolute Gasteiger partial charge is 0.163 e. The highest BCUT2D eigenvalue weighted by Gasteiger charge is 2.08. The van der Waals surface area contributed by atoms with Crippen molar-refractivity contribution in [3.8, 4) is 0 Å². The van der Waals surface area contributed by atoms with E-state index in [1.54, 1.807) is 6.07 Å². The van der Waals surface area contributed by atoms with Gasteiger partial charge in [-0.2, -0.15) is 5.10 Å². The van der Waals surface area contributed by atoms with Gasteiger partial charge < -0.3 is 5.32 Å². The standard InChI is InChI=1S/C13H15F2N3/c1-3-18-9(2)7-12(17-18)16-8-10-5-4-6-11(14)13(10)15/h4-7H,3,8H2,1-2H3,(H,16,17). The Morgan fingerprint density at radius 2 is 2.11 bits per heavy atom. The van der Waals surface area contributed by atoms with E-state index in [1.807, 2.05) is 24.6 Å². The highest BCUT2D eigenvalue weighted by molar-refractivity contribution is 5.37. The van der Waals surface area contributed by atoms with Crippen molar-refractivity contribution in [1.29, 1.82) is 0 Å². The average molecular weight is 251 g/mol. The molecule has 1 aromatic heterocycles. The third-order valence-electron chi connectivity index (χ3n) is 2.77. The Morgan fingerprint density at radius 3 is 2.78 bits per heavy atom. The summed E-state index contributed by atoms with van der Waals surface area (Å²) in [4.78, 5) is 0. The quantitative estimate of drug-likeness (QED) is 0.904. The fourth-order valence-electron chi connectivity index (χ4n) is 1.79. The van der Waals surface area contributed by atoms with Crippen LogP contribution in [0.2, 0.25) is 0 Å². The van der Waals surface area contributed by atoms with E-state index in [2.05, 4.69) is 10.4 Å². The summed E-state index contributed by atoms with van der Waals surface area (Å²) in [6.07, 6.45) is 0. The number of nitrogens with zero attached hydrogens (tertiary/aromatic N) is 2. The van der Waals surface area contributed by atoms with Crippen molar-refractivity contribution in [1.82, 2.24) is 9.78 Å². The maximum absolute atomic E-state index is 13.4. The van der Waals surface area contributed by atoms with Crippen LogP contribution in [0.15, 0.2) is 24.3 Å². The second kappa shape index (κ2) is 5.16. The SMILES string of the molecule is CCn1nc(NCc2cccc(F)c2F)cc1C. The highest BCUT2D eigenvalue weighted by atomic mass is 19.2. The largest absolute Gasteiger partial charge is 0.364 e. The van der Waals surface area contributed by atoms with E-state index in [0.717, 1.165) is 18.3 Å². The lowest BCUT2D eigenvalue weighted by molar-refractivity contribution is 0.500. The molecule has 0 aliphatic heterocycles. The van der Waals surface area contributed by atoms with Crippen molar-refractivity contribution in [2.45, 2.75) is 26.9 Å². The van der Waals surface area contributed by atoms with Crippen molar-refractivity contribution in [2.24, 2.45) is 0 Å². The van der Waals surface area contributed by atoms with Gasteiger partial charge in [-0.05, 0) is 19.9 Å². The van der Waals surface area contributed by atoms with Gasteiger partial charge in [0.05, 0.1) is 0 Å². The minimum absolute atomic E-state index is 0.212. The molecule has 1 aromatic carbocycles. The summed E-state index contributed by atoms with van der Waals surface area (Å²) in [5.74, 6) is -0.973. The number of rotatable bonds is 4. The molecule has 0 saturated heterocycles. The third kappa shape index (κ3) is 2.50. The summed E-state index contributed by atoms with van der Waals surface area (Å²) in [6.45, 7) is 4.94. The van der Waals surface area contributed by atoms with Crippen LogP contribution in [0.25, 0.3) is 0 Å². The van der Waals surface area contributed by atoms with Crippen molar-refractivity contribution in [3.05, 3.63) is 47.2 Å². The number of anilines is 1. The normalized spacial score (nSPS) is 10.7. The van der Waals surface area contributed by atoms with Gasteiger partial charge in [0.2, 0.25) is 0 Å². The predicted molar refractivity (Wildman–Crippen MR) is 66.3 cm³/mol. The fraction of sp³-hybridized carbons (Fsp3) is 0.308. The van der Waals surface area contributed by atoms with E-state index < -0.39 is 11.6 Å². The van der Waals surface area contributed by atoms with E-state index in [0.29, 0.717) is 11.4 Å². The number of aromatic nitrogens is 2. The predicted octanol–water partition coefficient (Wildman–Crippen LogP) is 3.10. The first-order valence-corrected chi connectivity index (χ1v) is 5.83. The van der Waals surface area contributed by atoms with Crippen LogP contribution >= 0.6 is 0 Å². The average Bonchev–Trinajstić information content (AvgIpc) is 2.72. The fourth-order valence-corrected chi connectivity index (χ4v) is 1.79. The Balaban J connectivity index is 2.09. The molecule has 5 heteroatoms. The third-order valence-corrected chi connectivity index (χ3v) is 2.77. The summed E-state index contributed by atoms with van der Waals surface area (Å²) < 4.78 is 28.3. The number of hydrogen-bond acceptors (Lipinski definition) is 2. The summed E-state index contributed by atoms with van der Waals surface area (Å²) >= 11 is 0. The van der Waals surface area contributed by atoms with Crippen molar-refractivity contribution in [2.75, 3.05) is 5.32 Å².